The highest BCUT2D eigenvalue weighted by atomic mass is 32.2. The molecule has 0 aromatic carbocycles. The van der Waals surface area contributed by atoms with Gasteiger partial charge in [0.1, 0.15) is 0 Å². The van der Waals surface area contributed by atoms with Crippen LogP contribution >= 0.6 is 0 Å². The van der Waals surface area contributed by atoms with Crippen LogP contribution < -0.4 is 4.72 Å². The normalized spacial score (nSPS) is 27.4. The van der Waals surface area contributed by atoms with Gasteiger partial charge in [-0.05, 0) is 37.7 Å². The summed E-state index contributed by atoms with van der Waals surface area (Å²) in [6.45, 7) is 2.00. The Bertz CT molecular complexity index is 560. The highest BCUT2D eigenvalue weighted by Gasteiger charge is 2.42. The second kappa shape index (κ2) is 5.53. The lowest BCUT2D eigenvalue weighted by Gasteiger charge is -2.35. The van der Waals surface area contributed by atoms with Gasteiger partial charge < -0.3 is 5.11 Å². The molecule has 0 unspecified atom stereocenters. The lowest BCUT2D eigenvalue weighted by atomic mass is 9.71. The number of carboxylic acid groups (broad SMARTS) is 1. The summed E-state index contributed by atoms with van der Waals surface area (Å²) in [5, 5.41) is 15.3. The number of aliphatic carboxylic acids is 1. The number of hydrogen-bond donors (Lipinski definition) is 3. The Balaban J connectivity index is 2.09. The predicted octanol–water partition coefficient (Wildman–Crippen LogP) is 0.969. The summed E-state index contributed by atoms with van der Waals surface area (Å²) in [7, 11) is -3.73. The molecule has 7 nitrogen and oxygen atoms in total. The lowest BCUT2D eigenvalue weighted by molar-refractivity contribution is -0.151. The standard InChI is InChI=1S/C12H19N3O4S/c1-9-2-5-12(6-3-9,11(16)17)8-14-20(18,19)10-4-7-13-15-10/h4,7,9,14H,2-3,5-6,8H2,1H3,(H,13,15)(H,16,17). The fraction of sp³-hybridized carbons (Fsp3) is 0.667. The monoisotopic (exact) mass is 301 g/mol. The van der Waals surface area contributed by atoms with E-state index < -0.39 is 21.4 Å². The van der Waals surface area contributed by atoms with Crippen LogP contribution in [-0.2, 0) is 14.8 Å². The van der Waals surface area contributed by atoms with Crippen molar-refractivity contribution in [1.82, 2.24) is 14.9 Å². The molecule has 8 heteroatoms. The van der Waals surface area contributed by atoms with E-state index in [1.807, 2.05) is 0 Å². The van der Waals surface area contributed by atoms with Crippen LogP contribution in [0.15, 0.2) is 17.3 Å². The summed E-state index contributed by atoms with van der Waals surface area (Å²) < 4.78 is 26.4. The average Bonchev–Trinajstić information content (AvgIpc) is 2.93. The number of H-pyrrole nitrogens is 1. The smallest absolute Gasteiger partial charge is 0.310 e. The highest BCUT2D eigenvalue weighted by molar-refractivity contribution is 7.89. The van der Waals surface area contributed by atoms with Gasteiger partial charge in [0, 0.05) is 6.54 Å². The van der Waals surface area contributed by atoms with Crippen molar-refractivity contribution in [1.29, 1.82) is 0 Å². The zero-order valence-electron chi connectivity index (χ0n) is 11.3. The molecule has 1 aromatic heterocycles. The Labute approximate surface area is 117 Å². The van der Waals surface area contributed by atoms with E-state index in [4.69, 9.17) is 0 Å². The summed E-state index contributed by atoms with van der Waals surface area (Å²) in [6.07, 6.45) is 3.93. The van der Waals surface area contributed by atoms with Crippen LogP contribution in [0, 0.1) is 11.3 Å². The van der Waals surface area contributed by atoms with E-state index in [-0.39, 0.29) is 11.6 Å². The molecule has 20 heavy (non-hydrogen) atoms. The number of nitrogens with one attached hydrogen (secondary N) is 2. The predicted molar refractivity (Wildman–Crippen MR) is 71.5 cm³/mol. The molecule has 0 amide bonds. The molecule has 0 aliphatic heterocycles. The molecule has 0 bridgehead atoms. The van der Waals surface area contributed by atoms with Crippen molar-refractivity contribution in [2.75, 3.05) is 6.54 Å². The zero-order chi connectivity index (χ0) is 14.8. The van der Waals surface area contributed by atoms with Crippen LogP contribution in [-0.4, -0.2) is 36.2 Å². The summed E-state index contributed by atoms with van der Waals surface area (Å²) in [4.78, 5) is 11.5. The molecule has 2 rings (SSSR count). The molecule has 1 aliphatic rings. The number of rotatable bonds is 5. The molecule has 1 fully saturated rings. The SMILES string of the molecule is CC1CCC(CNS(=O)(=O)c2ccn[nH]2)(C(=O)O)CC1. The van der Waals surface area contributed by atoms with Crippen molar-refractivity contribution >= 4 is 16.0 Å². The molecule has 0 radical (unpaired) electrons. The van der Waals surface area contributed by atoms with Crippen LogP contribution in [0.2, 0.25) is 0 Å². The van der Waals surface area contributed by atoms with E-state index in [1.54, 1.807) is 0 Å². The van der Waals surface area contributed by atoms with Crippen LogP contribution in [0.25, 0.3) is 0 Å². The molecular formula is C12H19N3O4S. The van der Waals surface area contributed by atoms with Crippen molar-refractivity contribution in [3.05, 3.63) is 12.3 Å². The molecule has 1 saturated carbocycles. The topological polar surface area (TPSA) is 112 Å². The van der Waals surface area contributed by atoms with E-state index in [0.717, 1.165) is 12.8 Å². The molecule has 0 atom stereocenters. The Kier molecular flexibility index (Phi) is 4.14. The number of hydrogen-bond acceptors (Lipinski definition) is 4. The number of carboxylic acids is 1. The van der Waals surface area contributed by atoms with Crippen LogP contribution in [0.4, 0.5) is 0 Å². The number of aromatic amines is 1. The van der Waals surface area contributed by atoms with Gasteiger partial charge in [0.25, 0.3) is 10.0 Å². The third kappa shape index (κ3) is 3.01. The second-order valence-electron chi connectivity index (χ2n) is 5.51. The molecular weight excluding hydrogens is 282 g/mol. The van der Waals surface area contributed by atoms with Gasteiger partial charge in [-0.15, -0.1) is 0 Å². The number of carbonyl (C=O) groups is 1. The minimum atomic E-state index is -3.73. The van der Waals surface area contributed by atoms with Gasteiger partial charge in [0.05, 0.1) is 11.6 Å². The first-order valence-electron chi connectivity index (χ1n) is 6.58. The molecule has 3 N–H and O–H groups in total. The Hall–Kier alpha value is -1.41. The van der Waals surface area contributed by atoms with Crippen LogP contribution in [0.3, 0.4) is 0 Å². The summed E-state index contributed by atoms with van der Waals surface area (Å²) in [5.41, 5.74) is -1.00. The number of sulfonamides is 1. The second-order valence-corrected chi connectivity index (χ2v) is 7.25. The zero-order valence-corrected chi connectivity index (χ0v) is 12.1. The maximum absolute atomic E-state index is 12.0. The van der Waals surface area contributed by atoms with Crippen molar-refractivity contribution in [2.24, 2.45) is 11.3 Å². The fourth-order valence-corrected chi connectivity index (χ4v) is 3.52. The molecule has 0 spiro atoms. The lowest BCUT2D eigenvalue weighted by Crippen LogP contribution is -2.45. The first kappa shape index (κ1) is 15.0. The Morgan fingerprint density at radius 1 is 1.55 bits per heavy atom. The minimum absolute atomic E-state index is 0.0535. The van der Waals surface area contributed by atoms with Gasteiger partial charge in [-0.25, -0.2) is 13.1 Å². The number of nitrogens with zero attached hydrogens (tertiary/aromatic N) is 1. The van der Waals surface area contributed by atoms with E-state index in [0.29, 0.717) is 18.8 Å². The number of aromatic nitrogens is 2. The first-order valence-corrected chi connectivity index (χ1v) is 8.06. The van der Waals surface area contributed by atoms with E-state index in [9.17, 15) is 18.3 Å². The van der Waals surface area contributed by atoms with Crippen molar-refractivity contribution in [3.63, 3.8) is 0 Å². The third-order valence-corrected chi connectivity index (χ3v) is 5.38. The summed E-state index contributed by atoms with van der Waals surface area (Å²) in [5.74, 6) is -0.441. The van der Waals surface area contributed by atoms with Gasteiger partial charge in [-0.2, -0.15) is 5.10 Å². The molecule has 1 aliphatic carbocycles. The Morgan fingerprint density at radius 3 is 2.70 bits per heavy atom. The highest BCUT2D eigenvalue weighted by Crippen LogP contribution is 2.38. The van der Waals surface area contributed by atoms with Crippen LogP contribution in [0.1, 0.15) is 32.6 Å². The van der Waals surface area contributed by atoms with Gasteiger partial charge >= 0.3 is 5.97 Å². The first-order chi connectivity index (χ1) is 9.36. The van der Waals surface area contributed by atoms with E-state index in [2.05, 4.69) is 21.8 Å². The quantitative estimate of drug-likeness (QED) is 0.750. The third-order valence-electron chi connectivity index (χ3n) is 4.05. The summed E-state index contributed by atoms with van der Waals surface area (Å²) >= 11 is 0. The van der Waals surface area contributed by atoms with Gasteiger partial charge in [0.2, 0.25) is 0 Å². The van der Waals surface area contributed by atoms with E-state index in [1.165, 1.54) is 12.3 Å². The van der Waals surface area contributed by atoms with E-state index >= 15 is 0 Å². The maximum Gasteiger partial charge on any atom is 0.310 e. The van der Waals surface area contributed by atoms with Crippen molar-refractivity contribution < 1.29 is 18.3 Å². The van der Waals surface area contributed by atoms with Crippen molar-refractivity contribution in [3.8, 4) is 0 Å². The average molecular weight is 301 g/mol. The maximum atomic E-state index is 12.0. The van der Waals surface area contributed by atoms with Crippen molar-refractivity contribution in [2.45, 2.75) is 37.6 Å². The minimum Gasteiger partial charge on any atom is -0.481 e. The molecule has 0 saturated heterocycles. The van der Waals surface area contributed by atoms with Gasteiger partial charge in [-0.1, -0.05) is 6.92 Å². The largest absolute Gasteiger partial charge is 0.481 e. The molecule has 1 heterocycles. The Morgan fingerprint density at radius 2 is 2.20 bits per heavy atom. The van der Waals surface area contributed by atoms with Gasteiger partial charge in [0.15, 0.2) is 5.03 Å². The fourth-order valence-electron chi connectivity index (χ4n) is 2.48. The summed E-state index contributed by atoms with van der Waals surface area (Å²) in [6, 6.07) is 1.33. The molecule has 112 valence electrons. The molecule has 1 aromatic rings. The van der Waals surface area contributed by atoms with Crippen LogP contribution in [0.5, 0.6) is 0 Å². The van der Waals surface area contributed by atoms with Gasteiger partial charge in [-0.3, -0.25) is 9.89 Å².